The topological polar surface area (TPSA) is 130 Å². The number of carbonyl (C=O) groups is 2. The van der Waals surface area contributed by atoms with Crippen molar-refractivity contribution in [2.45, 2.75) is 49.1 Å². The molecule has 8 nitrogen and oxygen atoms in total. The van der Waals surface area contributed by atoms with E-state index in [1.807, 2.05) is 0 Å². The Morgan fingerprint density at radius 1 is 1.19 bits per heavy atom. The lowest BCUT2D eigenvalue weighted by atomic mass is 9.85. The summed E-state index contributed by atoms with van der Waals surface area (Å²) in [5, 5.41) is 17.2. The van der Waals surface area contributed by atoms with Gasteiger partial charge < -0.3 is 10.4 Å². The van der Waals surface area contributed by atoms with E-state index < -0.39 is 22.0 Å². The third-order valence-corrected chi connectivity index (χ3v) is 6.23. The summed E-state index contributed by atoms with van der Waals surface area (Å²) in [6, 6.07) is 5.06. The number of carbonyl (C=O) groups excluding carboxylic acids is 1. The molecule has 1 aliphatic carbocycles. The first-order valence-corrected chi connectivity index (χ1v) is 10.2. The smallest absolute Gasteiger partial charge is 0.320 e. The van der Waals surface area contributed by atoms with E-state index in [1.165, 1.54) is 24.3 Å². The van der Waals surface area contributed by atoms with E-state index in [-0.39, 0.29) is 23.4 Å². The molecule has 1 heterocycles. The van der Waals surface area contributed by atoms with Gasteiger partial charge in [-0.3, -0.25) is 14.5 Å². The first-order valence-electron chi connectivity index (χ1n) is 8.67. The Balaban J connectivity index is 1.67. The predicted molar refractivity (Wildman–Crippen MR) is 94.9 cm³/mol. The van der Waals surface area contributed by atoms with Crippen LogP contribution in [0.25, 0.3) is 0 Å². The molecular weight excluding hydrogens is 358 g/mol. The van der Waals surface area contributed by atoms with Crippen LogP contribution >= 0.6 is 0 Å². The van der Waals surface area contributed by atoms with E-state index in [1.54, 1.807) is 4.90 Å². The molecule has 4 N–H and O–H groups in total. The molecular formula is C17H23N3O5S. The molecule has 0 bridgehead atoms. The number of carboxylic acids is 1. The van der Waals surface area contributed by atoms with Crippen molar-refractivity contribution >= 4 is 27.6 Å². The SMILES string of the molecule is NS(=O)(=O)c1ccc(NC(=O)CN2C(C(=O)O)CC3CCCCC32)cc1. The van der Waals surface area contributed by atoms with Crippen LogP contribution in [0.4, 0.5) is 5.69 Å². The first-order chi connectivity index (χ1) is 12.3. The third-order valence-electron chi connectivity index (χ3n) is 5.30. The molecule has 1 aliphatic heterocycles. The number of likely N-dealkylation sites (tertiary alicyclic amines) is 1. The number of anilines is 1. The van der Waals surface area contributed by atoms with Crippen molar-refractivity contribution < 1.29 is 23.1 Å². The van der Waals surface area contributed by atoms with E-state index in [0.717, 1.165) is 25.7 Å². The molecule has 2 aliphatic rings. The largest absolute Gasteiger partial charge is 0.480 e. The number of nitrogens with zero attached hydrogens (tertiary/aromatic N) is 1. The number of rotatable bonds is 5. The number of aliphatic carboxylic acids is 1. The average Bonchev–Trinajstić information content (AvgIpc) is 2.93. The molecule has 3 unspecified atom stereocenters. The lowest BCUT2D eigenvalue weighted by Gasteiger charge is -2.32. The van der Waals surface area contributed by atoms with Crippen LogP contribution in [0.5, 0.6) is 0 Å². The first kappa shape index (κ1) is 18.8. The van der Waals surface area contributed by atoms with Crippen LogP contribution in [-0.2, 0) is 19.6 Å². The van der Waals surface area contributed by atoms with Crippen molar-refractivity contribution in [1.82, 2.24) is 4.90 Å². The minimum Gasteiger partial charge on any atom is -0.480 e. The molecule has 26 heavy (non-hydrogen) atoms. The molecule has 3 rings (SSSR count). The van der Waals surface area contributed by atoms with Crippen molar-refractivity contribution in [3.05, 3.63) is 24.3 Å². The van der Waals surface area contributed by atoms with Gasteiger partial charge in [-0.15, -0.1) is 0 Å². The van der Waals surface area contributed by atoms with Crippen LogP contribution in [-0.4, -0.2) is 48.9 Å². The number of hydrogen-bond donors (Lipinski definition) is 3. The lowest BCUT2D eigenvalue weighted by molar-refractivity contribution is -0.143. The number of sulfonamides is 1. The Morgan fingerprint density at radius 2 is 1.85 bits per heavy atom. The molecule has 142 valence electrons. The highest BCUT2D eigenvalue weighted by molar-refractivity contribution is 7.89. The molecule has 0 aromatic heterocycles. The zero-order chi connectivity index (χ0) is 18.9. The maximum absolute atomic E-state index is 12.4. The molecule has 1 saturated carbocycles. The molecule has 1 aromatic rings. The maximum atomic E-state index is 12.4. The highest BCUT2D eigenvalue weighted by Crippen LogP contribution is 2.39. The van der Waals surface area contributed by atoms with Crippen molar-refractivity contribution in [3.63, 3.8) is 0 Å². The predicted octanol–water partition coefficient (Wildman–Crippen LogP) is 0.990. The average molecular weight is 381 g/mol. The van der Waals surface area contributed by atoms with E-state index in [4.69, 9.17) is 5.14 Å². The van der Waals surface area contributed by atoms with Gasteiger partial charge in [-0.05, 0) is 49.4 Å². The highest BCUT2D eigenvalue weighted by atomic mass is 32.2. The summed E-state index contributed by atoms with van der Waals surface area (Å²) < 4.78 is 22.5. The van der Waals surface area contributed by atoms with Gasteiger partial charge in [-0.2, -0.15) is 0 Å². The van der Waals surface area contributed by atoms with E-state index >= 15 is 0 Å². The molecule has 1 saturated heterocycles. The van der Waals surface area contributed by atoms with Crippen molar-refractivity contribution in [2.24, 2.45) is 11.1 Å². The summed E-state index contributed by atoms with van der Waals surface area (Å²) in [7, 11) is -3.78. The number of nitrogens with one attached hydrogen (secondary N) is 1. The van der Waals surface area contributed by atoms with Crippen LogP contribution in [0, 0.1) is 5.92 Å². The summed E-state index contributed by atoms with van der Waals surface area (Å²) in [6.07, 6.45) is 4.70. The molecule has 0 spiro atoms. The van der Waals surface area contributed by atoms with Crippen LogP contribution in [0.1, 0.15) is 32.1 Å². The third kappa shape index (κ3) is 4.05. The fourth-order valence-electron chi connectivity index (χ4n) is 4.12. The number of nitrogens with two attached hydrogens (primary N) is 1. The van der Waals surface area contributed by atoms with Gasteiger partial charge in [0, 0.05) is 11.7 Å². The van der Waals surface area contributed by atoms with Crippen LogP contribution in [0.3, 0.4) is 0 Å². The monoisotopic (exact) mass is 381 g/mol. The molecule has 9 heteroatoms. The standard InChI is InChI=1S/C17H23N3O5S/c18-26(24,25)13-7-5-12(6-8-13)19-16(21)10-20-14-4-2-1-3-11(14)9-15(20)17(22)23/h5-8,11,14-15H,1-4,9-10H2,(H,19,21)(H,22,23)(H2,18,24,25). The van der Waals surface area contributed by atoms with E-state index in [9.17, 15) is 23.1 Å². The second-order valence-corrected chi connectivity index (χ2v) is 8.55. The second kappa shape index (κ2) is 7.34. The van der Waals surface area contributed by atoms with Gasteiger partial charge >= 0.3 is 5.97 Å². The zero-order valence-electron chi connectivity index (χ0n) is 14.3. The minimum absolute atomic E-state index is 0.00900. The molecule has 1 aromatic carbocycles. The summed E-state index contributed by atoms with van der Waals surface area (Å²) in [5.41, 5.74) is 0.439. The molecule has 0 radical (unpaired) electrons. The Labute approximate surface area is 152 Å². The van der Waals surface area contributed by atoms with Gasteiger partial charge in [0.2, 0.25) is 15.9 Å². The fourth-order valence-corrected chi connectivity index (χ4v) is 4.63. The Hall–Kier alpha value is -1.97. The van der Waals surface area contributed by atoms with Crippen LogP contribution in [0.2, 0.25) is 0 Å². The van der Waals surface area contributed by atoms with Gasteiger partial charge in [-0.25, -0.2) is 13.6 Å². The Morgan fingerprint density at radius 3 is 2.46 bits per heavy atom. The summed E-state index contributed by atoms with van der Waals surface area (Å²) in [4.78, 5) is 25.8. The maximum Gasteiger partial charge on any atom is 0.320 e. The van der Waals surface area contributed by atoms with E-state index in [0.29, 0.717) is 18.0 Å². The quantitative estimate of drug-likeness (QED) is 0.697. The number of benzene rings is 1. The van der Waals surface area contributed by atoms with Gasteiger partial charge in [-0.1, -0.05) is 12.8 Å². The minimum atomic E-state index is -3.78. The summed E-state index contributed by atoms with van der Waals surface area (Å²) in [6.45, 7) is 0.00900. The van der Waals surface area contributed by atoms with Gasteiger partial charge in [0.15, 0.2) is 0 Å². The van der Waals surface area contributed by atoms with Crippen molar-refractivity contribution in [3.8, 4) is 0 Å². The molecule has 2 fully saturated rings. The van der Waals surface area contributed by atoms with Gasteiger partial charge in [0.1, 0.15) is 6.04 Å². The normalized spacial score (nSPS) is 26.3. The highest BCUT2D eigenvalue weighted by Gasteiger charge is 2.45. The van der Waals surface area contributed by atoms with E-state index in [2.05, 4.69) is 5.32 Å². The van der Waals surface area contributed by atoms with Crippen LogP contribution in [0.15, 0.2) is 29.2 Å². The summed E-state index contributed by atoms with van der Waals surface area (Å²) >= 11 is 0. The number of carboxylic acid groups (broad SMARTS) is 1. The number of primary sulfonamides is 1. The van der Waals surface area contributed by atoms with Crippen LogP contribution < -0.4 is 10.5 Å². The number of hydrogen-bond acceptors (Lipinski definition) is 5. The Kier molecular flexibility index (Phi) is 5.31. The lowest BCUT2D eigenvalue weighted by Crippen LogP contribution is -2.46. The van der Waals surface area contributed by atoms with Gasteiger partial charge in [0.05, 0.1) is 11.4 Å². The molecule has 3 atom stereocenters. The van der Waals surface area contributed by atoms with Crippen molar-refractivity contribution in [1.29, 1.82) is 0 Å². The van der Waals surface area contributed by atoms with Crippen molar-refractivity contribution in [2.75, 3.05) is 11.9 Å². The zero-order valence-corrected chi connectivity index (χ0v) is 15.1. The second-order valence-electron chi connectivity index (χ2n) is 6.99. The number of amides is 1. The fraction of sp³-hybridized carbons (Fsp3) is 0.529. The molecule has 1 amide bonds. The Bertz CT molecular complexity index is 793. The number of fused-ring (bicyclic) bond motifs is 1. The summed E-state index contributed by atoms with van der Waals surface area (Å²) in [5.74, 6) is -0.859. The van der Waals surface area contributed by atoms with Gasteiger partial charge in [0.25, 0.3) is 0 Å².